The lowest BCUT2D eigenvalue weighted by Gasteiger charge is -2.30. The first-order valence-corrected chi connectivity index (χ1v) is 10.4. The molecule has 0 spiro atoms. The van der Waals surface area contributed by atoms with Crippen LogP contribution in [0.4, 0.5) is 15.8 Å². The third-order valence-electron chi connectivity index (χ3n) is 5.58. The Hall–Kier alpha value is -3.35. The van der Waals surface area contributed by atoms with Crippen LogP contribution in [0.1, 0.15) is 30.3 Å². The Bertz CT molecular complexity index is 1120. The molecule has 0 unspecified atom stereocenters. The molecular formula is C24H26FN3O3. The second kappa shape index (κ2) is 8.79. The second-order valence-electron chi connectivity index (χ2n) is 7.91. The van der Waals surface area contributed by atoms with Crippen molar-refractivity contribution >= 4 is 28.2 Å². The molecule has 2 heterocycles. The molecule has 1 fully saturated rings. The van der Waals surface area contributed by atoms with Crippen LogP contribution >= 0.6 is 0 Å². The van der Waals surface area contributed by atoms with Crippen LogP contribution in [-0.2, 0) is 0 Å². The Morgan fingerprint density at radius 2 is 1.94 bits per heavy atom. The van der Waals surface area contributed by atoms with Gasteiger partial charge in [0, 0.05) is 30.2 Å². The van der Waals surface area contributed by atoms with E-state index >= 15 is 0 Å². The summed E-state index contributed by atoms with van der Waals surface area (Å²) < 4.78 is 24.6. The predicted octanol–water partition coefficient (Wildman–Crippen LogP) is 5.01. The number of ether oxygens (including phenoxy) is 2. The SMILES string of the molecule is COc1cc2nc(C(=O)N3CCC[C@H](C)C3)cc(Nc3cccc(F)c3)c2cc1OC. The van der Waals surface area contributed by atoms with Crippen LogP contribution in [0.2, 0.25) is 0 Å². The number of carbonyl (C=O) groups excluding carboxylic acids is 1. The van der Waals surface area contributed by atoms with Gasteiger partial charge < -0.3 is 19.7 Å². The third-order valence-corrected chi connectivity index (χ3v) is 5.58. The van der Waals surface area contributed by atoms with Crippen molar-refractivity contribution in [2.75, 3.05) is 32.6 Å². The molecule has 2 aromatic carbocycles. The van der Waals surface area contributed by atoms with Gasteiger partial charge in [-0.15, -0.1) is 0 Å². The van der Waals surface area contributed by atoms with E-state index in [4.69, 9.17) is 9.47 Å². The lowest BCUT2D eigenvalue weighted by molar-refractivity contribution is 0.0677. The predicted molar refractivity (Wildman–Crippen MR) is 119 cm³/mol. The summed E-state index contributed by atoms with van der Waals surface area (Å²) >= 11 is 0. The molecule has 1 N–H and O–H groups in total. The molecule has 1 aliphatic heterocycles. The van der Waals surface area contributed by atoms with E-state index in [9.17, 15) is 9.18 Å². The highest BCUT2D eigenvalue weighted by Gasteiger charge is 2.24. The van der Waals surface area contributed by atoms with Crippen molar-refractivity contribution in [3.05, 3.63) is 54.0 Å². The van der Waals surface area contributed by atoms with Gasteiger partial charge in [0.05, 0.1) is 25.4 Å². The molecule has 162 valence electrons. The largest absolute Gasteiger partial charge is 0.493 e. The second-order valence-corrected chi connectivity index (χ2v) is 7.91. The standard InChI is InChI=1S/C24H26FN3O3/c1-15-6-5-9-28(14-15)24(29)21-12-19(26-17-8-4-7-16(25)10-17)18-11-22(30-2)23(31-3)13-20(18)27-21/h4,7-8,10-13,15H,5-6,9,14H2,1-3H3,(H,26,27)/t15-/m0/s1. The van der Waals surface area contributed by atoms with Crippen molar-refractivity contribution in [1.29, 1.82) is 0 Å². The normalized spacial score (nSPS) is 16.3. The lowest BCUT2D eigenvalue weighted by atomic mass is 10.00. The number of carbonyl (C=O) groups is 1. The number of pyridine rings is 1. The summed E-state index contributed by atoms with van der Waals surface area (Å²) in [6, 6.07) is 11.5. The minimum Gasteiger partial charge on any atom is -0.493 e. The minimum absolute atomic E-state index is 0.106. The van der Waals surface area contributed by atoms with Crippen LogP contribution in [0.15, 0.2) is 42.5 Å². The van der Waals surface area contributed by atoms with E-state index in [-0.39, 0.29) is 11.7 Å². The van der Waals surface area contributed by atoms with Gasteiger partial charge >= 0.3 is 0 Å². The fraction of sp³-hybridized carbons (Fsp3) is 0.333. The molecule has 0 saturated carbocycles. The van der Waals surface area contributed by atoms with E-state index in [1.807, 2.05) is 4.90 Å². The molecular weight excluding hydrogens is 397 g/mol. The molecule has 0 aliphatic carbocycles. The zero-order valence-corrected chi connectivity index (χ0v) is 17.9. The first-order valence-electron chi connectivity index (χ1n) is 10.4. The number of hydrogen-bond donors (Lipinski definition) is 1. The van der Waals surface area contributed by atoms with Crippen molar-refractivity contribution in [2.24, 2.45) is 5.92 Å². The van der Waals surface area contributed by atoms with Gasteiger partial charge in [0.2, 0.25) is 0 Å². The minimum atomic E-state index is -0.346. The van der Waals surface area contributed by atoms with Gasteiger partial charge in [-0.05, 0) is 49.1 Å². The number of piperidine rings is 1. The van der Waals surface area contributed by atoms with Crippen molar-refractivity contribution in [1.82, 2.24) is 9.88 Å². The number of rotatable bonds is 5. The number of nitrogens with one attached hydrogen (secondary N) is 1. The van der Waals surface area contributed by atoms with Crippen molar-refractivity contribution in [2.45, 2.75) is 19.8 Å². The highest BCUT2D eigenvalue weighted by Crippen LogP contribution is 2.36. The van der Waals surface area contributed by atoms with E-state index in [2.05, 4.69) is 17.2 Å². The number of hydrogen-bond acceptors (Lipinski definition) is 5. The van der Waals surface area contributed by atoms with Crippen LogP contribution < -0.4 is 14.8 Å². The van der Waals surface area contributed by atoms with Gasteiger partial charge in [0.15, 0.2) is 11.5 Å². The summed E-state index contributed by atoms with van der Waals surface area (Å²) in [6.45, 7) is 3.60. The number of halogens is 1. The van der Waals surface area contributed by atoms with Crippen LogP contribution in [0.5, 0.6) is 11.5 Å². The van der Waals surface area contributed by atoms with Gasteiger partial charge in [0.25, 0.3) is 5.91 Å². The van der Waals surface area contributed by atoms with Gasteiger partial charge in [-0.2, -0.15) is 0 Å². The Balaban J connectivity index is 1.82. The van der Waals surface area contributed by atoms with E-state index in [0.717, 1.165) is 31.3 Å². The molecule has 7 heteroatoms. The first-order chi connectivity index (χ1) is 15.0. The topological polar surface area (TPSA) is 63.7 Å². The number of amides is 1. The molecule has 1 aliphatic rings. The fourth-order valence-electron chi connectivity index (χ4n) is 4.02. The maximum absolute atomic E-state index is 13.7. The maximum Gasteiger partial charge on any atom is 0.272 e. The highest BCUT2D eigenvalue weighted by molar-refractivity contribution is 6.01. The van der Waals surface area contributed by atoms with Crippen LogP contribution in [0.25, 0.3) is 10.9 Å². The molecule has 31 heavy (non-hydrogen) atoms. The van der Waals surface area contributed by atoms with E-state index in [1.54, 1.807) is 44.6 Å². The van der Waals surface area contributed by atoms with E-state index in [1.165, 1.54) is 12.1 Å². The monoisotopic (exact) mass is 423 g/mol. The Labute approximate surface area is 181 Å². The molecule has 6 nitrogen and oxygen atoms in total. The third kappa shape index (κ3) is 4.40. The Kier molecular flexibility index (Phi) is 5.93. The molecule has 1 saturated heterocycles. The van der Waals surface area contributed by atoms with E-state index < -0.39 is 0 Å². The molecule has 1 aromatic heterocycles. The highest BCUT2D eigenvalue weighted by atomic mass is 19.1. The lowest BCUT2D eigenvalue weighted by Crippen LogP contribution is -2.39. The molecule has 0 bridgehead atoms. The summed E-state index contributed by atoms with van der Waals surface area (Å²) in [5, 5.41) is 3.98. The molecule has 1 atom stereocenters. The number of likely N-dealkylation sites (tertiary alicyclic amines) is 1. The number of fused-ring (bicyclic) bond motifs is 1. The van der Waals surface area contributed by atoms with Gasteiger partial charge in [-0.1, -0.05) is 13.0 Å². The van der Waals surface area contributed by atoms with Gasteiger partial charge in [-0.3, -0.25) is 4.79 Å². The van der Waals surface area contributed by atoms with Gasteiger partial charge in [0.1, 0.15) is 11.5 Å². The smallest absolute Gasteiger partial charge is 0.272 e. The van der Waals surface area contributed by atoms with Crippen LogP contribution in [0, 0.1) is 11.7 Å². The van der Waals surface area contributed by atoms with Crippen molar-refractivity contribution in [3.8, 4) is 11.5 Å². The number of nitrogens with zero attached hydrogens (tertiary/aromatic N) is 2. The molecule has 3 aromatic rings. The molecule has 0 radical (unpaired) electrons. The average molecular weight is 423 g/mol. The Morgan fingerprint density at radius 1 is 1.16 bits per heavy atom. The fourth-order valence-corrected chi connectivity index (χ4v) is 4.02. The number of benzene rings is 2. The van der Waals surface area contributed by atoms with E-state index in [0.29, 0.717) is 40.0 Å². The van der Waals surface area contributed by atoms with Gasteiger partial charge in [-0.25, -0.2) is 9.37 Å². The van der Waals surface area contributed by atoms with Crippen molar-refractivity contribution < 1.29 is 18.7 Å². The quantitative estimate of drug-likeness (QED) is 0.625. The zero-order chi connectivity index (χ0) is 22.0. The van der Waals surface area contributed by atoms with Crippen molar-refractivity contribution in [3.63, 3.8) is 0 Å². The zero-order valence-electron chi connectivity index (χ0n) is 17.9. The average Bonchev–Trinajstić information content (AvgIpc) is 2.77. The Morgan fingerprint density at radius 3 is 2.65 bits per heavy atom. The molecule has 1 amide bonds. The summed E-state index contributed by atoms with van der Waals surface area (Å²) in [5.41, 5.74) is 2.15. The summed E-state index contributed by atoms with van der Waals surface area (Å²) in [7, 11) is 3.12. The first kappa shape index (κ1) is 20.9. The number of methoxy groups -OCH3 is 2. The van der Waals surface area contributed by atoms with Crippen LogP contribution in [0.3, 0.4) is 0 Å². The summed E-state index contributed by atoms with van der Waals surface area (Å²) in [6.07, 6.45) is 2.11. The molecule has 4 rings (SSSR count). The summed E-state index contributed by atoms with van der Waals surface area (Å²) in [5.74, 6) is 1.08. The number of anilines is 2. The summed E-state index contributed by atoms with van der Waals surface area (Å²) in [4.78, 5) is 19.7. The van der Waals surface area contributed by atoms with Crippen LogP contribution in [-0.4, -0.2) is 43.1 Å². The maximum atomic E-state index is 13.7. The number of aromatic nitrogens is 1.